The van der Waals surface area contributed by atoms with Gasteiger partial charge in [-0.25, -0.2) is 4.98 Å². The van der Waals surface area contributed by atoms with E-state index in [0.29, 0.717) is 44.1 Å². The van der Waals surface area contributed by atoms with Gasteiger partial charge in [-0.3, -0.25) is 9.52 Å². The average Bonchev–Trinajstić information content (AvgIpc) is 3.68. The Bertz CT molecular complexity index is 1080. The fourth-order valence-corrected chi connectivity index (χ4v) is 5.26. The highest BCUT2D eigenvalue weighted by molar-refractivity contribution is 7.97. The highest BCUT2D eigenvalue weighted by atomic mass is 32.2. The second-order valence-corrected chi connectivity index (χ2v) is 10.1. The fraction of sp³-hybridized carbons (Fsp3) is 0.500. The van der Waals surface area contributed by atoms with Gasteiger partial charge >= 0.3 is 0 Å². The fourth-order valence-electron chi connectivity index (χ4n) is 4.75. The lowest BCUT2D eigenvalue weighted by Gasteiger charge is -2.41. The number of aromatic nitrogens is 1. The van der Waals surface area contributed by atoms with Crippen LogP contribution in [0.1, 0.15) is 48.9 Å². The predicted molar refractivity (Wildman–Crippen MR) is 136 cm³/mol. The number of anilines is 1. The number of carbonyl (C=O) groups is 1. The number of methoxy groups -OCH3 is 1. The quantitative estimate of drug-likeness (QED) is 0.571. The molecular formula is C26H33N5O2S. The molecule has 1 unspecified atom stereocenters. The molecule has 1 aliphatic carbocycles. The monoisotopic (exact) mass is 479 g/mol. The first-order valence-electron chi connectivity index (χ1n) is 11.9. The minimum atomic E-state index is 0.0491. The van der Waals surface area contributed by atoms with Gasteiger partial charge in [0.2, 0.25) is 5.91 Å². The lowest BCUT2D eigenvalue weighted by atomic mass is 9.93. The average molecular weight is 480 g/mol. The zero-order valence-electron chi connectivity index (χ0n) is 20.4. The summed E-state index contributed by atoms with van der Waals surface area (Å²) in [6.45, 7) is 6.51. The van der Waals surface area contributed by atoms with Crippen LogP contribution in [0.5, 0.6) is 0 Å². The predicted octanol–water partition coefficient (Wildman–Crippen LogP) is 4.11. The van der Waals surface area contributed by atoms with Gasteiger partial charge in [0.25, 0.3) is 0 Å². The summed E-state index contributed by atoms with van der Waals surface area (Å²) in [4.78, 5) is 23.0. The van der Waals surface area contributed by atoms with Crippen molar-refractivity contribution in [1.82, 2.24) is 14.6 Å². The minimum absolute atomic E-state index is 0.0491. The Morgan fingerprint density at radius 2 is 2.03 bits per heavy atom. The number of nitrogens with one attached hydrogen (secondary N) is 1. The van der Waals surface area contributed by atoms with Crippen LogP contribution in [0.4, 0.5) is 5.82 Å². The number of pyridine rings is 1. The molecule has 34 heavy (non-hydrogen) atoms. The van der Waals surface area contributed by atoms with E-state index in [0.717, 1.165) is 45.9 Å². The lowest BCUT2D eigenvalue weighted by molar-refractivity contribution is -0.134. The molecule has 1 amide bonds. The van der Waals surface area contributed by atoms with Gasteiger partial charge < -0.3 is 14.5 Å². The van der Waals surface area contributed by atoms with E-state index in [-0.39, 0.29) is 11.9 Å². The van der Waals surface area contributed by atoms with E-state index in [1.54, 1.807) is 19.1 Å². The smallest absolute Gasteiger partial charge is 0.225 e. The van der Waals surface area contributed by atoms with Gasteiger partial charge in [0.15, 0.2) is 0 Å². The van der Waals surface area contributed by atoms with Gasteiger partial charge in [-0.1, -0.05) is 12.1 Å². The van der Waals surface area contributed by atoms with Crippen LogP contribution in [0.2, 0.25) is 0 Å². The topological polar surface area (TPSA) is 81.5 Å². The number of benzene rings is 1. The molecule has 8 heteroatoms. The third-order valence-corrected chi connectivity index (χ3v) is 7.37. The van der Waals surface area contributed by atoms with Crippen molar-refractivity contribution in [2.24, 2.45) is 0 Å². The molecule has 1 atom stereocenters. The van der Waals surface area contributed by atoms with Gasteiger partial charge in [-0.2, -0.15) is 5.26 Å². The SMILES string of the molecule is CNSc1ccc(-c2c(C3CC3)nc(N3CCN(C(=O)CCOC)C(C)C3)c(C#N)c2C)cc1. The molecular weight excluding hydrogens is 446 g/mol. The first-order valence-corrected chi connectivity index (χ1v) is 12.7. The number of ether oxygens (including phenoxy) is 1. The van der Waals surface area contributed by atoms with Crippen LogP contribution in [-0.4, -0.2) is 62.2 Å². The zero-order valence-corrected chi connectivity index (χ0v) is 21.2. The molecule has 2 fully saturated rings. The zero-order chi connectivity index (χ0) is 24.2. The summed E-state index contributed by atoms with van der Waals surface area (Å²) in [5.41, 5.74) is 4.95. The molecule has 2 heterocycles. The van der Waals surface area contributed by atoms with Crippen LogP contribution in [0.25, 0.3) is 11.1 Å². The van der Waals surface area contributed by atoms with Crippen molar-refractivity contribution in [3.8, 4) is 17.2 Å². The van der Waals surface area contributed by atoms with Gasteiger partial charge in [0.1, 0.15) is 11.9 Å². The van der Waals surface area contributed by atoms with Crippen LogP contribution in [0, 0.1) is 18.3 Å². The van der Waals surface area contributed by atoms with Crippen molar-refractivity contribution in [3.63, 3.8) is 0 Å². The third kappa shape index (κ3) is 5.07. The van der Waals surface area contributed by atoms with Crippen molar-refractivity contribution < 1.29 is 9.53 Å². The van der Waals surface area contributed by atoms with Crippen molar-refractivity contribution in [3.05, 3.63) is 41.1 Å². The van der Waals surface area contributed by atoms with Gasteiger partial charge in [-0.05, 0) is 68.9 Å². The number of hydrogen-bond donors (Lipinski definition) is 1. The molecule has 180 valence electrons. The molecule has 0 bridgehead atoms. The Hall–Kier alpha value is -2.60. The van der Waals surface area contributed by atoms with E-state index in [1.165, 1.54) is 0 Å². The molecule has 1 saturated heterocycles. The molecule has 1 aliphatic heterocycles. The van der Waals surface area contributed by atoms with Crippen LogP contribution < -0.4 is 9.62 Å². The number of hydrogen-bond acceptors (Lipinski definition) is 7. The Morgan fingerprint density at radius 1 is 1.29 bits per heavy atom. The molecule has 7 nitrogen and oxygen atoms in total. The largest absolute Gasteiger partial charge is 0.384 e. The minimum Gasteiger partial charge on any atom is -0.384 e. The van der Waals surface area contributed by atoms with Crippen LogP contribution in [0.15, 0.2) is 29.2 Å². The molecule has 0 spiro atoms. The number of piperazine rings is 1. The first kappa shape index (κ1) is 24.5. The number of amides is 1. The van der Waals surface area contributed by atoms with Crippen LogP contribution in [0.3, 0.4) is 0 Å². The number of carbonyl (C=O) groups excluding carboxylic acids is 1. The first-order chi connectivity index (χ1) is 16.5. The number of nitriles is 1. The summed E-state index contributed by atoms with van der Waals surface area (Å²) >= 11 is 1.58. The maximum Gasteiger partial charge on any atom is 0.225 e. The maximum atomic E-state index is 12.6. The molecule has 2 aliphatic rings. The second kappa shape index (κ2) is 10.8. The van der Waals surface area contributed by atoms with Crippen LogP contribution >= 0.6 is 11.9 Å². The van der Waals surface area contributed by atoms with E-state index in [1.807, 2.05) is 11.9 Å². The third-order valence-electron chi connectivity index (χ3n) is 6.66. The van der Waals surface area contributed by atoms with E-state index < -0.39 is 0 Å². The highest BCUT2D eigenvalue weighted by Crippen LogP contribution is 2.46. The van der Waals surface area contributed by atoms with Crippen molar-refractivity contribution in [1.29, 1.82) is 5.26 Å². The number of nitrogens with zero attached hydrogens (tertiary/aromatic N) is 4. The van der Waals surface area contributed by atoms with E-state index in [9.17, 15) is 10.1 Å². The normalized spacial score (nSPS) is 18.1. The van der Waals surface area contributed by atoms with Crippen molar-refractivity contribution in [2.75, 3.05) is 45.3 Å². The Labute approximate surface area is 206 Å². The highest BCUT2D eigenvalue weighted by Gasteiger charge is 2.34. The van der Waals surface area contributed by atoms with Gasteiger partial charge in [0, 0.05) is 49.2 Å². The summed E-state index contributed by atoms with van der Waals surface area (Å²) in [6.07, 6.45) is 2.67. The summed E-state index contributed by atoms with van der Waals surface area (Å²) in [7, 11) is 3.52. The Balaban J connectivity index is 1.66. The van der Waals surface area contributed by atoms with Crippen molar-refractivity contribution >= 4 is 23.7 Å². The molecule has 1 N–H and O–H groups in total. The van der Waals surface area contributed by atoms with E-state index >= 15 is 0 Å². The van der Waals surface area contributed by atoms with E-state index in [4.69, 9.17) is 9.72 Å². The maximum absolute atomic E-state index is 12.6. The summed E-state index contributed by atoms with van der Waals surface area (Å²) < 4.78 is 8.18. The Kier molecular flexibility index (Phi) is 7.77. The molecule has 4 rings (SSSR count). The summed E-state index contributed by atoms with van der Waals surface area (Å²) in [5, 5.41) is 10.2. The molecule has 1 saturated carbocycles. The van der Waals surface area contributed by atoms with E-state index in [2.05, 4.69) is 53.8 Å². The second-order valence-electron chi connectivity index (χ2n) is 9.04. The Morgan fingerprint density at radius 3 is 2.62 bits per heavy atom. The summed E-state index contributed by atoms with van der Waals surface area (Å²) in [5.74, 6) is 1.33. The van der Waals surface area contributed by atoms with Gasteiger partial charge in [0.05, 0.1) is 24.3 Å². The lowest BCUT2D eigenvalue weighted by Crippen LogP contribution is -2.54. The van der Waals surface area contributed by atoms with Crippen molar-refractivity contribution in [2.45, 2.75) is 50.0 Å². The summed E-state index contributed by atoms with van der Waals surface area (Å²) in [6, 6.07) is 11.0. The molecule has 1 aromatic carbocycles. The van der Waals surface area contributed by atoms with Gasteiger partial charge in [-0.15, -0.1) is 0 Å². The standard InChI is InChI=1S/C26H33N5O2S/c1-17-16-30(12-13-31(17)23(32)11-14-33-4)26-22(15-27)18(2)24(25(29-26)20-5-6-20)19-7-9-21(10-8-19)34-28-3/h7-10,17,20,28H,5-6,11-14,16H2,1-4H3. The molecule has 2 aromatic rings. The van der Waals surface area contributed by atoms with Crippen LogP contribution in [-0.2, 0) is 9.53 Å². The number of rotatable bonds is 8. The molecule has 1 aromatic heterocycles. The molecule has 0 radical (unpaired) electrons.